The zero-order chi connectivity index (χ0) is 18.5. The van der Waals surface area contributed by atoms with Crippen LogP contribution < -0.4 is 4.90 Å². The van der Waals surface area contributed by atoms with Gasteiger partial charge >= 0.3 is 0 Å². The molecule has 4 rings (SSSR count). The van der Waals surface area contributed by atoms with Crippen molar-refractivity contribution in [1.29, 1.82) is 0 Å². The van der Waals surface area contributed by atoms with Crippen molar-refractivity contribution in [2.24, 2.45) is 0 Å². The third kappa shape index (κ3) is 3.42. The number of ether oxygens (including phenoxy) is 1. The fourth-order valence-corrected chi connectivity index (χ4v) is 3.20. The summed E-state index contributed by atoms with van der Waals surface area (Å²) in [5, 5.41) is 4.54. The van der Waals surface area contributed by atoms with Crippen molar-refractivity contribution in [3.05, 3.63) is 42.0 Å². The smallest absolute Gasteiger partial charge is 0.178 e. The molecule has 1 saturated heterocycles. The zero-order valence-corrected chi connectivity index (χ0v) is 16.1. The average Bonchev–Trinajstić information content (AvgIpc) is 3.06. The van der Waals surface area contributed by atoms with Crippen molar-refractivity contribution in [1.82, 2.24) is 19.6 Å². The second-order valence-corrected chi connectivity index (χ2v) is 5.99. The summed E-state index contributed by atoms with van der Waals surface area (Å²) in [6.07, 6.45) is 4.69. The van der Waals surface area contributed by atoms with Crippen LogP contribution in [0.2, 0.25) is 0 Å². The Balaban J connectivity index is 0.000000948. The van der Waals surface area contributed by atoms with Gasteiger partial charge in [0.15, 0.2) is 5.65 Å². The van der Waals surface area contributed by atoms with Gasteiger partial charge in [0.25, 0.3) is 0 Å². The van der Waals surface area contributed by atoms with Gasteiger partial charge in [-0.05, 0) is 31.5 Å². The van der Waals surface area contributed by atoms with Crippen LogP contribution in [-0.2, 0) is 11.2 Å². The van der Waals surface area contributed by atoms with Crippen LogP contribution in [0.5, 0.6) is 0 Å². The van der Waals surface area contributed by atoms with Crippen molar-refractivity contribution >= 4 is 11.3 Å². The molecule has 0 N–H and O–H groups in total. The molecule has 0 radical (unpaired) electrons. The van der Waals surface area contributed by atoms with Gasteiger partial charge in [0, 0.05) is 30.5 Å². The molecule has 0 aliphatic carbocycles. The van der Waals surface area contributed by atoms with Gasteiger partial charge in [-0.1, -0.05) is 20.8 Å². The standard InChI is InChI=1S/C18H21N5O.C2H6/c1-3-15-5-4-14(12-19-15)17-13(2)21-18-16(6-7-20-23(17)18)22-8-10-24-11-9-22;1-2/h4-7,12H,3,8-11H2,1-2H3;1-2H3. The predicted molar refractivity (Wildman–Crippen MR) is 105 cm³/mol. The SMILES string of the molecule is CC.CCc1ccc(-c2c(C)nc3c(N4CCOCC4)ccnn23)cn1. The van der Waals surface area contributed by atoms with Gasteiger partial charge in [-0.3, -0.25) is 4.98 Å². The summed E-state index contributed by atoms with van der Waals surface area (Å²) in [6, 6.07) is 6.21. The van der Waals surface area contributed by atoms with Gasteiger partial charge in [-0.2, -0.15) is 5.10 Å². The quantitative estimate of drug-likeness (QED) is 0.721. The molecule has 0 bridgehead atoms. The zero-order valence-electron chi connectivity index (χ0n) is 16.1. The maximum absolute atomic E-state index is 5.46. The van der Waals surface area contributed by atoms with Gasteiger partial charge in [0.1, 0.15) is 0 Å². The minimum Gasteiger partial charge on any atom is -0.378 e. The number of rotatable bonds is 3. The van der Waals surface area contributed by atoms with Crippen molar-refractivity contribution in [3.8, 4) is 11.3 Å². The normalized spacial score (nSPS) is 14.2. The molecule has 0 saturated carbocycles. The van der Waals surface area contributed by atoms with Gasteiger partial charge in [-0.25, -0.2) is 9.50 Å². The first-order valence-corrected chi connectivity index (χ1v) is 9.40. The first kappa shape index (κ1) is 18.3. The van der Waals surface area contributed by atoms with E-state index >= 15 is 0 Å². The molecule has 0 spiro atoms. The lowest BCUT2D eigenvalue weighted by Gasteiger charge is -2.28. The Hall–Kier alpha value is -2.47. The van der Waals surface area contributed by atoms with Crippen molar-refractivity contribution in [3.63, 3.8) is 0 Å². The summed E-state index contributed by atoms with van der Waals surface area (Å²) in [5.74, 6) is 0. The molecule has 138 valence electrons. The van der Waals surface area contributed by atoms with Gasteiger partial charge < -0.3 is 9.64 Å². The van der Waals surface area contributed by atoms with Crippen molar-refractivity contribution in [2.75, 3.05) is 31.2 Å². The second kappa shape index (κ2) is 8.27. The Kier molecular flexibility index (Phi) is 5.83. The Morgan fingerprint density at radius 2 is 1.88 bits per heavy atom. The highest BCUT2D eigenvalue weighted by Crippen LogP contribution is 2.28. The summed E-state index contributed by atoms with van der Waals surface area (Å²) in [4.78, 5) is 11.6. The van der Waals surface area contributed by atoms with Gasteiger partial charge in [-0.15, -0.1) is 0 Å². The molecule has 3 aromatic rings. The molecule has 0 amide bonds. The Bertz CT molecular complexity index is 851. The van der Waals surface area contributed by atoms with Crippen LogP contribution in [0.3, 0.4) is 0 Å². The number of anilines is 1. The van der Waals surface area contributed by atoms with E-state index in [2.05, 4.69) is 34.0 Å². The van der Waals surface area contributed by atoms with E-state index in [4.69, 9.17) is 9.72 Å². The van der Waals surface area contributed by atoms with E-state index in [1.807, 2.05) is 43.7 Å². The number of hydrogen-bond acceptors (Lipinski definition) is 5. The lowest BCUT2D eigenvalue weighted by Crippen LogP contribution is -2.36. The number of hydrogen-bond donors (Lipinski definition) is 0. The second-order valence-electron chi connectivity index (χ2n) is 5.99. The minimum atomic E-state index is 0.753. The molecular formula is C20H27N5O. The molecular weight excluding hydrogens is 326 g/mol. The molecule has 6 nitrogen and oxygen atoms in total. The number of imidazole rings is 1. The van der Waals surface area contributed by atoms with Crippen LogP contribution in [0.25, 0.3) is 16.9 Å². The van der Waals surface area contributed by atoms with E-state index in [-0.39, 0.29) is 0 Å². The molecule has 0 atom stereocenters. The van der Waals surface area contributed by atoms with E-state index in [0.29, 0.717) is 0 Å². The van der Waals surface area contributed by atoms with Crippen LogP contribution in [0.4, 0.5) is 5.69 Å². The maximum atomic E-state index is 5.46. The first-order valence-electron chi connectivity index (χ1n) is 9.40. The molecule has 26 heavy (non-hydrogen) atoms. The monoisotopic (exact) mass is 353 g/mol. The summed E-state index contributed by atoms with van der Waals surface area (Å²) in [5.41, 5.74) is 6.12. The number of fused-ring (bicyclic) bond motifs is 1. The van der Waals surface area contributed by atoms with Crippen LogP contribution in [0.15, 0.2) is 30.6 Å². The fourth-order valence-electron chi connectivity index (χ4n) is 3.20. The molecule has 1 aliphatic heterocycles. The molecule has 6 heteroatoms. The Morgan fingerprint density at radius 1 is 1.12 bits per heavy atom. The lowest BCUT2D eigenvalue weighted by molar-refractivity contribution is 0.123. The average molecular weight is 353 g/mol. The largest absolute Gasteiger partial charge is 0.378 e. The fraction of sp³-hybridized carbons (Fsp3) is 0.450. The van der Waals surface area contributed by atoms with E-state index in [1.165, 1.54) is 0 Å². The van der Waals surface area contributed by atoms with E-state index < -0.39 is 0 Å². The molecule has 0 aromatic carbocycles. The number of aryl methyl sites for hydroxylation is 2. The van der Waals surface area contributed by atoms with Gasteiger partial charge in [0.05, 0.1) is 36.5 Å². The van der Waals surface area contributed by atoms with Crippen LogP contribution in [0.1, 0.15) is 32.2 Å². The van der Waals surface area contributed by atoms with Crippen molar-refractivity contribution in [2.45, 2.75) is 34.1 Å². The van der Waals surface area contributed by atoms with Gasteiger partial charge in [0.2, 0.25) is 0 Å². The lowest BCUT2D eigenvalue weighted by atomic mass is 10.1. The number of nitrogens with zero attached hydrogens (tertiary/aromatic N) is 5. The number of pyridine rings is 1. The third-order valence-electron chi connectivity index (χ3n) is 4.48. The van der Waals surface area contributed by atoms with Crippen LogP contribution in [0, 0.1) is 6.92 Å². The third-order valence-corrected chi connectivity index (χ3v) is 4.48. The van der Waals surface area contributed by atoms with E-state index in [0.717, 1.165) is 66.7 Å². The maximum Gasteiger partial charge on any atom is 0.178 e. The van der Waals surface area contributed by atoms with E-state index in [1.54, 1.807) is 0 Å². The predicted octanol–water partition coefficient (Wildman–Crippen LogP) is 3.52. The Morgan fingerprint density at radius 3 is 2.54 bits per heavy atom. The highest BCUT2D eigenvalue weighted by atomic mass is 16.5. The molecule has 1 aliphatic rings. The van der Waals surface area contributed by atoms with Crippen LogP contribution in [-0.4, -0.2) is 45.9 Å². The first-order chi connectivity index (χ1) is 12.8. The number of aromatic nitrogens is 4. The highest BCUT2D eigenvalue weighted by molar-refractivity contribution is 5.75. The Labute approximate surface area is 154 Å². The van der Waals surface area contributed by atoms with Crippen molar-refractivity contribution < 1.29 is 4.74 Å². The van der Waals surface area contributed by atoms with Crippen LogP contribution >= 0.6 is 0 Å². The summed E-state index contributed by atoms with van der Waals surface area (Å²) in [7, 11) is 0. The topological polar surface area (TPSA) is 55.5 Å². The minimum absolute atomic E-state index is 0.753. The molecule has 4 heterocycles. The summed E-state index contributed by atoms with van der Waals surface area (Å²) >= 11 is 0. The van der Waals surface area contributed by atoms with E-state index in [9.17, 15) is 0 Å². The number of morpholine rings is 1. The summed E-state index contributed by atoms with van der Waals surface area (Å²) in [6.45, 7) is 11.4. The highest BCUT2D eigenvalue weighted by Gasteiger charge is 2.19. The molecule has 3 aromatic heterocycles. The summed E-state index contributed by atoms with van der Waals surface area (Å²) < 4.78 is 7.39. The molecule has 1 fully saturated rings. The molecule has 0 unspecified atom stereocenters.